The quantitative estimate of drug-likeness (QED) is 0.402. The zero-order valence-corrected chi connectivity index (χ0v) is 12.5. The lowest BCUT2D eigenvalue weighted by molar-refractivity contribution is 0.192. The third-order valence-corrected chi connectivity index (χ3v) is 6.86. The van der Waals surface area contributed by atoms with Gasteiger partial charge in [0.2, 0.25) is 0 Å². The number of allylic oxidation sites excluding steroid dienone is 2. The summed E-state index contributed by atoms with van der Waals surface area (Å²) in [7, 11) is -1.21. The van der Waals surface area contributed by atoms with Gasteiger partial charge < -0.3 is 8.85 Å². The molecule has 4 heteroatoms. The van der Waals surface area contributed by atoms with Crippen LogP contribution in [-0.4, -0.2) is 28.4 Å². The molecule has 0 aromatic rings. The summed E-state index contributed by atoms with van der Waals surface area (Å²) < 4.78 is 11.7. The van der Waals surface area contributed by atoms with Gasteiger partial charge in [-0.05, 0) is 44.4 Å². The molecule has 4 unspecified atom stereocenters. The summed E-state index contributed by atoms with van der Waals surface area (Å²) in [5, 5.41) is 0. The van der Waals surface area contributed by atoms with E-state index in [4.69, 9.17) is 20.5 Å². The molecular formula is C13H22ClO2Si. The topological polar surface area (TPSA) is 18.5 Å². The van der Waals surface area contributed by atoms with Crippen molar-refractivity contribution in [2.75, 3.05) is 19.1 Å². The largest absolute Gasteiger partial charge is 0.393 e. The highest BCUT2D eigenvalue weighted by molar-refractivity contribution is 6.48. The maximum atomic E-state index is 6.19. The Morgan fingerprint density at radius 1 is 1.24 bits per heavy atom. The van der Waals surface area contributed by atoms with Crippen LogP contribution < -0.4 is 0 Å². The van der Waals surface area contributed by atoms with Crippen LogP contribution in [0.2, 0.25) is 5.54 Å². The molecule has 0 heterocycles. The Hall–Kier alpha value is 0.167. The van der Waals surface area contributed by atoms with E-state index in [9.17, 15) is 0 Å². The Kier molecular flexibility index (Phi) is 5.09. The first-order valence-corrected chi connectivity index (χ1v) is 8.59. The second-order valence-corrected chi connectivity index (χ2v) is 7.16. The molecule has 2 bridgehead atoms. The predicted molar refractivity (Wildman–Crippen MR) is 72.3 cm³/mol. The smallest absolute Gasteiger partial charge is 0.389 e. The molecule has 1 saturated carbocycles. The maximum Gasteiger partial charge on any atom is 0.389 e. The van der Waals surface area contributed by atoms with Gasteiger partial charge in [0.05, 0.1) is 0 Å². The van der Waals surface area contributed by atoms with Gasteiger partial charge in [-0.15, -0.1) is 11.6 Å². The van der Waals surface area contributed by atoms with Crippen LogP contribution in [0.25, 0.3) is 0 Å². The van der Waals surface area contributed by atoms with E-state index in [1.54, 1.807) is 0 Å². The highest BCUT2D eigenvalue weighted by atomic mass is 35.5. The minimum absolute atomic E-state index is 0.432. The summed E-state index contributed by atoms with van der Waals surface area (Å²) in [6.45, 7) is 5.54. The fourth-order valence-corrected chi connectivity index (χ4v) is 5.72. The van der Waals surface area contributed by atoms with E-state index < -0.39 is 9.28 Å². The summed E-state index contributed by atoms with van der Waals surface area (Å²) in [5.74, 6) is 2.89. The molecule has 0 spiro atoms. The molecule has 2 rings (SSSR count). The van der Waals surface area contributed by atoms with Crippen molar-refractivity contribution in [2.24, 2.45) is 17.8 Å². The number of rotatable bonds is 7. The molecule has 17 heavy (non-hydrogen) atoms. The summed E-state index contributed by atoms with van der Waals surface area (Å²) in [6.07, 6.45) is 7.37. The number of halogens is 1. The summed E-state index contributed by atoms with van der Waals surface area (Å²) in [4.78, 5) is 0. The van der Waals surface area contributed by atoms with Gasteiger partial charge in [-0.25, -0.2) is 0 Å². The van der Waals surface area contributed by atoms with E-state index >= 15 is 0 Å². The third kappa shape index (κ3) is 2.95. The van der Waals surface area contributed by atoms with E-state index in [1.807, 2.05) is 13.8 Å². The lowest BCUT2D eigenvalue weighted by Crippen LogP contribution is -2.36. The van der Waals surface area contributed by atoms with Crippen LogP contribution in [0.3, 0.4) is 0 Å². The molecule has 0 amide bonds. The number of fused-ring (bicyclic) bond motifs is 2. The highest BCUT2D eigenvalue weighted by Gasteiger charge is 2.44. The highest BCUT2D eigenvalue weighted by Crippen LogP contribution is 2.49. The van der Waals surface area contributed by atoms with Crippen LogP contribution in [0.15, 0.2) is 12.2 Å². The van der Waals surface area contributed by atoms with Gasteiger partial charge in [0.15, 0.2) is 0 Å². The normalized spacial score (nSPS) is 32.6. The lowest BCUT2D eigenvalue weighted by Gasteiger charge is -2.30. The van der Waals surface area contributed by atoms with Crippen molar-refractivity contribution in [2.45, 2.75) is 32.2 Å². The van der Waals surface area contributed by atoms with E-state index in [-0.39, 0.29) is 0 Å². The van der Waals surface area contributed by atoms with E-state index in [0.29, 0.717) is 17.3 Å². The average Bonchev–Trinajstić information content (AvgIpc) is 2.93. The zero-order valence-electron chi connectivity index (χ0n) is 10.7. The van der Waals surface area contributed by atoms with Crippen molar-refractivity contribution in [3.05, 3.63) is 12.2 Å². The monoisotopic (exact) mass is 273 g/mol. The van der Waals surface area contributed by atoms with Crippen LogP contribution in [0.5, 0.6) is 0 Å². The van der Waals surface area contributed by atoms with Gasteiger partial charge in [-0.1, -0.05) is 12.2 Å². The van der Waals surface area contributed by atoms with Crippen molar-refractivity contribution >= 4 is 20.9 Å². The van der Waals surface area contributed by atoms with Crippen molar-refractivity contribution in [3.63, 3.8) is 0 Å². The number of hydrogen-bond donors (Lipinski definition) is 0. The Morgan fingerprint density at radius 3 is 2.35 bits per heavy atom. The van der Waals surface area contributed by atoms with Gasteiger partial charge in [0.25, 0.3) is 0 Å². The first-order chi connectivity index (χ1) is 8.30. The van der Waals surface area contributed by atoms with Crippen LogP contribution in [0.1, 0.15) is 26.7 Å². The molecule has 0 saturated heterocycles. The molecule has 4 atom stereocenters. The molecule has 2 nitrogen and oxygen atoms in total. The van der Waals surface area contributed by atoms with Crippen molar-refractivity contribution in [3.8, 4) is 0 Å². The average molecular weight is 274 g/mol. The SMILES string of the molecule is CCO[Si](OCC)C(CCl)C1CC2C=CC1C2. The van der Waals surface area contributed by atoms with E-state index in [2.05, 4.69) is 12.2 Å². The number of hydrogen-bond acceptors (Lipinski definition) is 2. The second kappa shape index (κ2) is 6.37. The molecule has 0 aromatic heterocycles. The van der Waals surface area contributed by atoms with Gasteiger partial charge >= 0.3 is 9.28 Å². The Morgan fingerprint density at radius 2 is 1.94 bits per heavy atom. The molecule has 1 radical (unpaired) electrons. The van der Waals surface area contributed by atoms with E-state index in [0.717, 1.165) is 25.0 Å². The molecular weight excluding hydrogens is 252 g/mol. The first kappa shape index (κ1) is 13.6. The molecule has 0 aromatic carbocycles. The molecule has 2 aliphatic rings. The van der Waals surface area contributed by atoms with Gasteiger partial charge in [-0.2, -0.15) is 0 Å². The van der Waals surface area contributed by atoms with Crippen LogP contribution >= 0.6 is 11.6 Å². The van der Waals surface area contributed by atoms with Gasteiger partial charge in [0.1, 0.15) is 0 Å². The van der Waals surface area contributed by atoms with Crippen LogP contribution in [-0.2, 0) is 8.85 Å². The molecule has 0 aliphatic heterocycles. The Bertz CT molecular complexity index is 266. The van der Waals surface area contributed by atoms with Crippen LogP contribution in [0, 0.1) is 17.8 Å². The Balaban J connectivity index is 2.01. The minimum atomic E-state index is -1.21. The molecule has 2 aliphatic carbocycles. The summed E-state index contributed by atoms with van der Waals surface area (Å²) >= 11 is 6.19. The summed E-state index contributed by atoms with van der Waals surface area (Å²) in [6, 6.07) is 0. The van der Waals surface area contributed by atoms with Crippen LogP contribution in [0.4, 0.5) is 0 Å². The summed E-state index contributed by atoms with van der Waals surface area (Å²) in [5.41, 5.74) is 0.432. The zero-order chi connectivity index (χ0) is 12.3. The lowest BCUT2D eigenvalue weighted by atomic mass is 9.91. The fraction of sp³-hybridized carbons (Fsp3) is 0.846. The van der Waals surface area contributed by atoms with E-state index in [1.165, 1.54) is 12.8 Å². The third-order valence-electron chi connectivity index (χ3n) is 3.89. The predicted octanol–water partition coefficient (Wildman–Crippen LogP) is 3.37. The first-order valence-electron chi connectivity index (χ1n) is 6.66. The minimum Gasteiger partial charge on any atom is -0.393 e. The second-order valence-electron chi connectivity index (χ2n) is 4.89. The van der Waals surface area contributed by atoms with Crippen molar-refractivity contribution in [1.82, 2.24) is 0 Å². The molecule has 97 valence electrons. The number of alkyl halides is 1. The molecule has 0 N–H and O–H groups in total. The van der Waals surface area contributed by atoms with Gasteiger partial charge in [-0.3, -0.25) is 0 Å². The van der Waals surface area contributed by atoms with Gasteiger partial charge in [0, 0.05) is 24.6 Å². The Labute approximate surface area is 111 Å². The maximum absolute atomic E-state index is 6.19. The molecule has 1 fully saturated rings. The fourth-order valence-electron chi connectivity index (χ4n) is 3.18. The van der Waals surface area contributed by atoms with Crippen molar-refractivity contribution < 1.29 is 8.85 Å². The van der Waals surface area contributed by atoms with Crippen molar-refractivity contribution in [1.29, 1.82) is 0 Å². The standard InChI is InChI=1S/C13H22ClO2Si/c1-3-15-17(16-4-2)13(9-14)12-8-10-5-6-11(12)7-10/h5-6,10-13H,3-4,7-9H2,1-2H3.